The highest BCUT2D eigenvalue weighted by Gasteiger charge is 2.27. The van der Waals surface area contributed by atoms with E-state index in [0.29, 0.717) is 12.5 Å². The van der Waals surface area contributed by atoms with Gasteiger partial charge in [-0.25, -0.2) is 15.0 Å². The highest BCUT2D eigenvalue weighted by molar-refractivity contribution is 9.11. The number of hydrogen-bond acceptors (Lipinski definition) is 6. The van der Waals surface area contributed by atoms with Gasteiger partial charge in [-0.05, 0) is 108 Å². The minimum absolute atomic E-state index is 0.170. The van der Waals surface area contributed by atoms with Gasteiger partial charge in [-0.3, -0.25) is 9.79 Å². The van der Waals surface area contributed by atoms with Crippen molar-refractivity contribution >= 4 is 76.4 Å². The fourth-order valence-electron chi connectivity index (χ4n) is 6.70. The average molecular weight is 870 g/mol. The van der Waals surface area contributed by atoms with E-state index in [-0.39, 0.29) is 18.0 Å². The number of halogens is 3. The van der Waals surface area contributed by atoms with Crippen LogP contribution < -0.4 is 10.6 Å². The van der Waals surface area contributed by atoms with Gasteiger partial charge in [0, 0.05) is 19.3 Å². The number of pyridine rings is 2. The molecule has 0 aliphatic carbocycles. The predicted octanol–water partition coefficient (Wildman–Crippen LogP) is 10.3. The highest BCUT2D eigenvalue weighted by atomic mass is 79.9. The molecule has 1 amide bonds. The minimum atomic E-state index is 0.170. The first-order valence-corrected chi connectivity index (χ1v) is 19.4. The summed E-state index contributed by atoms with van der Waals surface area (Å²) in [5.74, 6) is 2.34. The number of rotatable bonds is 4. The molecule has 1 fully saturated rings. The second-order valence-corrected chi connectivity index (χ2v) is 14.9. The van der Waals surface area contributed by atoms with Gasteiger partial charge < -0.3 is 15.2 Å². The summed E-state index contributed by atoms with van der Waals surface area (Å²) in [6.45, 7) is 0. The largest absolute Gasteiger partial charge is 0.349 e. The van der Waals surface area contributed by atoms with Crippen molar-refractivity contribution in [1.82, 2.24) is 24.8 Å². The van der Waals surface area contributed by atoms with Crippen LogP contribution in [0.3, 0.4) is 0 Å². The fraction of sp³-hybridized carbons (Fsp3) is 0.225. The number of anilines is 1. The number of imidazole rings is 1. The number of aliphatic imine (C=N–C) groups is 1. The van der Waals surface area contributed by atoms with Crippen molar-refractivity contribution in [1.29, 1.82) is 0 Å². The number of benzene rings is 3. The lowest BCUT2D eigenvalue weighted by Crippen LogP contribution is -2.17. The van der Waals surface area contributed by atoms with Crippen LogP contribution in [0.25, 0.3) is 11.2 Å². The minimum Gasteiger partial charge on any atom is -0.349 e. The number of amidine groups is 1. The van der Waals surface area contributed by atoms with Gasteiger partial charge in [0.05, 0.1) is 23.8 Å². The van der Waals surface area contributed by atoms with Crippen molar-refractivity contribution in [3.8, 4) is 0 Å². The van der Waals surface area contributed by atoms with E-state index in [1.165, 1.54) is 16.7 Å². The van der Waals surface area contributed by atoms with Gasteiger partial charge in [-0.15, -0.1) is 0 Å². The van der Waals surface area contributed by atoms with E-state index < -0.39 is 0 Å². The van der Waals surface area contributed by atoms with Crippen LogP contribution in [0.4, 0.5) is 5.69 Å². The van der Waals surface area contributed by atoms with Crippen molar-refractivity contribution in [2.75, 3.05) is 5.32 Å². The summed E-state index contributed by atoms with van der Waals surface area (Å²) in [4.78, 5) is 29.3. The number of hydrogen-bond donors (Lipinski definition) is 2. The molecule has 11 heteroatoms. The second-order valence-electron chi connectivity index (χ2n) is 12.5. The van der Waals surface area contributed by atoms with Crippen molar-refractivity contribution in [2.45, 2.75) is 56.7 Å². The molecule has 258 valence electrons. The quantitative estimate of drug-likeness (QED) is 0.172. The summed E-state index contributed by atoms with van der Waals surface area (Å²) < 4.78 is 4.75. The Bertz CT molecular complexity index is 2140. The Hall–Kier alpha value is -4.19. The summed E-state index contributed by atoms with van der Waals surface area (Å²) in [6.07, 6.45) is 5.74. The van der Waals surface area contributed by atoms with Gasteiger partial charge >= 0.3 is 0 Å². The molecule has 6 heterocycles. The second kappa shape index (κ2) is 16.4. The molecule has 3 aromatic heterocycles. The van der Waals surface area contributed by atoms with Crippen LogP contribution >= 0.6 is 47.8 Å². The Morgan fingerprint density at radius 2 is 1.29 bits per heavy atom. The lowest BCUT2D eigenvalue weighted by molar-refractivity contribution is -0.119. The van der Waals surface area contributed by atoms with E-state index >= 15 is 0 Å². The molecule has 51 heavy (non-hydrogen) atoms. The third kappa shape index (κ3) is 8.65. The van der Waals surface area contributed by atoms with Gasteiger partial charge in [0.1, 0.15) is 31.0 Å². The molecule has 0 spiro atoms. The maximum Gasteiger partial charge on any atom is 0.220 e. The molecule has 0 bridgehead atoms. The van der Waals surface area contributed by atoms with Crippen molar-refractivity contribution in [2.24, 2.45) is 4.99 Å². The van der Waals surface area contributed by atoms with Crippen LogP contribution in [-0.2, 0) is 11.2 Å². The monoisotopic (exact) mass is 867 g/mol. The first-order valence-electron chi connectivity index (χ1n) is 17.0. The average Bonchev–Trinajstić information content (AvgIpc) is 3.97. The summed E-state index contributed by atoms with van der Waals surface area (Å²) in [5, 5.41) is 6.29. The first kappa shape index (κ1) is 35.2. The normalized spacial score (nSPS) is 18.9. The summed E-state index contributed by atoms with van der Waals surface area (Å²) in [5.41, 5.74) is 6.73. The Kier molecular flexibility index (Phi) is 11.4. The molecule has 8 nitrogen and oxygen atoms in total. The molecule has 9 rings (SSSR count). The van der Waals surface area contributed by atoms with Crippen LogP contribution in [0.15, 0.2) is 134 Å². The molecule has 1 saturated heterocycles. The summed E-state index contributed by atoms with van der Waals surface area (Å²) >= 11 is 10.3. The van der Waals surface area contributed by atoms with Crippen LogP contribution in [-0.4, -0.2) is 31.3 Å². The van der Waals surface area contributed by atoms with Crippen LogP contribution in [0.5, 0.6) is 0 Å². The number of nitrogens with zero attached hydrogens (tertiary/aromatic N) is 5. The fourth-order valence-corrected chi connectivity index (χ4v) is 7.97. The van der Waals surface area contributed by atoms with E-state index in [1.807, 2.05) is 48.5 Å². The van der Waals surface area contributed by atoms with Crippen molar-refractivity contribution in [3.05, 3.63) is 152 Å². The third-order valence-corrected chi connectivity index (χ3v) is 10.6. The molecule has 0 radical (unpaired) electrons. The van der Waals surface area contributed by atoms with Gasteiger partial charge in [0.2, 0.25) is 5.91 Å². The van der Waals surface area contributed by atoms with Crippen LogP contribution in [0.1, 0.15) is 72.7 Å². The zero-order chi connectivity index (χ0) is 35.2. The Labute approximate surface area is 322 Å². The summed E-state index contributed by atoms with van der Waals surface area (Å²) in [6, 6.07) is 39.9. The number of aromatic nitrogens is 4. The summed E-state index contributed by atoms with van der Waals surface area (Å²) in [7, 11) is 0. The molecule has 0 saturated carbocycles. The van der Waals surface area contributed by atoms with Gasteiger partial charge in [-0.2, -0.15) is 0 Å². The van der Waals surface area contributed by atoms with Crippen LogP contribution in [0, 0.1) is 0 Å². The van der Waals surface area contributed by atoms with Gasteiger partial charge in [0.15, 0.2) is 5.65 Å². The molecule has 6 aromatic rings. The first-order chi connectivity index (χ1) is 24.9. The van der Waals surface area contributed by atoms with E-state index in [4.69, 9.17) is 4.99 Å². The number of amides is 1. The van der Waals surface area contributed by atoms with Crippen molar-refractivity contribution < 1.29 is 4.79 Å². The lowest BCUT2D eigenvalue weighted by atomic mass is 10.0. The standard InChI is InChI=1S/C15H13Br2N3.C15H12BrN3.C10H11NO/c16-13-8-6-12(15(17)20-13)19-14-9-7-11(18-14)10-4-2-1-3-5-10;16-13-8-6-11-15(18-13)19-12(7-9-14(19)17-11)10-4-2-1-3-5-10;12-10-7-6-9(11-10)8-4-2-1-3-5-8/h1-6,8,11H,7,9H2,(H,18,19);1-6,8,12H,7,9H2;1-5,9H,6-7H2,(H,11,12). The topological polar surface area (TPSA) is 97.1 Å². The van der Waals surface area contributed by atoms with Crippen LogP contribution in [0.2, 0.25) is 0 Å². The smallest absolute Gasteiger partial charge is 0.220 e. The third-order valence-electron chi connectivity index (χ3n) is 9.16. The molecular weight excluding hydrogens is 834 g/mol. The predicted molar refractivity (Wildman–Crippen MR) is 214 cm³/mol. The van der Waals surface area contributed by atoms with E-state index in [2.05, 4.69) is 145 Å². The lowest BCUT2D eigenvalue weighted by Gasteiger charge is -2.14. The molecule has 3 unspecified atom stereocenters. The SMILES string of the molecule is Brc1ccc(NC2=NC(c3ccccc3)CC2)c(Br)n1.Brc1ccc2nc3n(c2n1)C(c1ccccc1)CC3.O=C1CCC(c2ccccc2)N1. The number of nitrogens with one attached hydrogen (secondary N) is 2. The number of aryl methyl sites for hydroxylation is 1. The molecule has 3 aliphatic rings. The molecule has 3 aliphatic heterocycles. The maximum absolute atomic E-state index is 10.9. The van der Waals surface area contributed by atoms with E-state index in [0.717, 1.165) is 74.4 Å². The zero-order valence-electron chi connectivity index (χ0n) is 27.7. The van der Waals surface area contributed by atoms with Gasteiger partial charge in [-0.1, -0.05) is 91.0 Å². The molecular formula is C40H36Br3N7O. The highest BCUT2D eigenvalue weighted by Crippen LogP contribution is 2.35. The Morgan fingerprint density at radius 1 is 0.647 bits per heavy atom. The Balaban J connectivity index is 0.000000123. The number of carbonyl (C=O) groups excluding carboxylic acids is 1. The van der Waals surface area contributed by atoms with Crippen molar-refractivity contribution in [3.63, 3.8) is 0 Å². The molecule has 2 N–H and O–H groups in total. The molecule has 3 atom stereocenters. The maximum atomic E-state index is 10.9. The number of carbonyl (C=O) groups is 1. The Morgan fingerprint density at radius 3 is 1.96 bits per heavy atom. The zero-order valence-corrected chi connectivity index (χ0v) is 32.5. The molecule has 3 aromatic carbocycles. The number of fused-ring (bicyclic) bond motifs is 3. The van der Waals surface area contributed by atoms with E-state index in [9.17, 15) is 4.79 Å². The van der Waals surface area contributed by atoms with E-state index in [1.54, 1.807) is 0 Å². The van der Waals surface area contributed by atoms with Gasteiger partial charge in [0.25, 0.3) is 0 Å².